The van der Waals surface area contributed by atoms with Gasteiger partial charge in [0.15, 0.2) is 5.65 Å². The fourth-order valence-electron chi connectivity index (χ4n) is 3.78. The molecule has 6 heteroatoms. The zero-order valence-corrected chi connectivity index (χ0v) is 17.5. The van der Waals surface area contributed by atoms with Gasteiger partial charge in [0.05, 0.1) is 22.2 Å². The van der Waals surface area contributed by atoms with E-state index in [0.29, 0.717) is 5.56 Å². The summed E-state index contributed by atoms with van der Waals surface area (Å²) in [4.78, 5) is 18.1. The number of pyridine rings is 1. The van der Waals surface area contributed by atoms with Crippen molar-refractivity contribution in [1.29, 1.82) is 0 Å². The van der Waals surface area contributed by atoms with Gasteiger partial charge in [-0.05, 0) is 65.4 Å². The summed E-state index contributed by atoms with van der Waals surface area (Å²) >= 11 is 0. The molecule has 2 heterocycles. The molecule has 148 valence electrons. The molecule has 0 bridgehead atoms. The Kier molecular flexibility index (Phi) is 5.30. The van der Waals surface area contributed by atoms with E-state index in [1.165, 1.54) is 0 Å². The molecular formula is C21H33N5O. The number of hydrogen-bond donors (Lipinski definition) is 2. The van der Waals surface area contributed by atoms with Gasteiger partial charge in [0.25, 0.3) is 5.91 Å². The zero-order valence-electron chi connectivity index (χ0n) is 17.5. The van der Waals surface area contributed by atoms with Gasteiger partial charge in [0, 0.05) is 17.8 Å². The predicted octanol–water partition coefficient (Wildman–Crippen LogP) is 3.62. The standard InChI is InChI=1S/C21H33N5O/c1-12(2)17-11-16(20(27)23-15-9-7-14(22)8-10-15)18-13(3)25-26(19(18)24-17)21(4,5)6/h11-12,14-15H,7-10,22H2,1-6H3,(H,23,27). The molecule has 0 radical (unpaired) electrons. The number of hydrogen-bond acceptors (Lipinski definition) is 4. The first-order valence-corrected chi connectivity index (χ1v) is 10.0. The molecule has 0 saturated heterocycles. The molecule has 3 N–H and O–H groups in total. The van der Waals surface area contributed by atoms with Gasteiger partial charge in [-0.15, -0.1) is 0 Å². The fraction of sp³-hybridized carbons (Fsp3) is 0.667. The van der Waals surface area contributed by atoms with Crippen molar-refractivity contribution in [2.75, 3.05) is 0 Å². The van der Waals surface area contributed by atoms with E-state index in [1.54, 1.807) is 0 Å². The van der Waals surface area contributed by atoms with Gasteiger partial charge in [0.1, 0.15) is 0 Å². The van der Waals surface area contributed by atoms with E-state index >= 15 is 0 Å². The molecule has 1 aliphatic carbocycles. The van der Waals surface area contributed by atoms with Crippen LogP contribution in [0.15, 0.2) is 6.07 Å². The summed E-state index contributed by atoms with van der Waals surface area (Å²) in [5.74, 6) is 0.207. The Morgan fingerprint density at radius 1 is 1.26 bits per heavy atom. The zero-order chi connectivity index (χ0) is 19.9. The van der Waals surface area contributed by atoms with Crippen LogP contribution in [0.2, 0.25) is 0 Å². The van der Waals surface area contributed by atoms with Gasteiger partial charge in [-0.3, -0.25) is 4.79 Å². The summed E-state index contributed by atoms with van der Waals surface area (Å²) in [7, 11) is 0. The molecule has 1 fully saturated rings. The van der Waals surface area contributed by atoms with Gasteiger partial charge >= 0.3 is 0 Å². The maximum Gasteiger partial charge on any atom is 0.252 e. The van der Waals surface area contributed by atoms with E-state index in [2.05, 4.69) is 39.9 Å². The van der Waals surface area contributed by atoms with E-state index in [1.807, 2.05) is 17.7 Å². The third-order valence-electron chi connectivity index (χ3n) is 5.41. The Labute approximate surface area is 161 Å². The minimum absolute atomic E-state index is 0.0265. The van der Waals surface area contributed by atoms with Crippen LogP contribution < -0.4 is 11.1 Å². The Balaban J connectivity index is 2.05. The van der Waals surface area contributed by atoms with Crippen LogP contribution in [-0.4, -0.2) is 32.8 Å². The van der Waals surface area contributed by atoms with Crippen LogP contribution in [0, 0.1) is 6.92 Å². The lowest BCUT2D eigenvalue weighted by Gasteiger charge is -2.27. The summed E-state index contributed by atoms with van der Waals surface area (Å²) in [6.45, 7) is 12.5. The number of carbonyl (C=O) groups excluding carboxylic acids is 1. The average Bonchev–Trinajstić information content (AvgIpc) is 2.93. The van der Waals surface area contributed by atoms with E-state index in [9.17, 15) is 4.79 Å². The number of carbonyl (C=O) groups is 1. The quantitative estimate of drug-likeness (QED) is 0.863. The smallest absolute Gasteiger partial charge is 0.252 e. The Morgan fingerprint density at radius 2 is 1.89 bits per heavy atom. The molecule has 0 atom stereocenters. The molecule has 1 amide bonds. The lowest BCUT2D eigenvalue weighted by atomic mass is 9.91. The van der Waals surface area contributed by atoms with Crippen molar-refractivity contribution < 1.29 is 4.79 Å². The first kappa shape index (κ1) is 19.8. The normalized spacial score (nSPS) is 21.0. The maximum atomic E-state index is 13.2. The molecule has 2 aromatic rings. The van der Waals surface area contributed by atoms with Crippen LogP contribution in [0.5, 0.6) is 0 Å². The summed E-state index contributed by atoms with van der Waals surface area (Å²) < 4.78 is 1.94. The first-order valence-electron chi connectivity index (χ1n) is 10.0. The van der Waals surface area contributed by atoms with Crippen LogP contribution in [-0.2, 0) is 5.54 Å². The highest BCUT2D eigenvalue weighted by atomic mass is 16.1. The number of nitrogens with two attached hydrogens (primary N) is 1. The van der Waals surface area contributed by atoms with Crippen LogP contribution in [0.1, 0.15) is 88.0 Å². The van der Waals surface area contributed by atoms with Gasteiger partial charge in [0.2, 0.25) is 0 Å². The van der Waals surface area contributed by atoms with E-state index in [4.69, 9.17) is 15.8 Å². The van der Waals surface area contributed by atoms with Crippen LogP contribution in [0.25, 0.3) is 11.0 Å². The second kappa shape index (κ2) is 7.23. The number of rotatable bonds is 3. The topological polar surface area (TPSA) is 85.8 Å². The number of nitrogens with zero attached hydrogens (tertiary/aromatic N) is 3. The molecule has 0 spiro atoms. The molecule has 2 aromatic heterocycles. The molecule has 27 heavy (non-hydrogen) atoms. The molecule has 3 rings (SSSR count). The molecule has 1 saturated carbocycles. The lowest BCUT2D eigenvalue weighted by molar-refractivity contribution is 0.0927. The molecule has 6 nitrogen and oxygen atoms in total. The second-order valence-corrected chi connectivity index (χ2v) is 9.20. The average molecular weight is 372 g/mol. The number of fused-ring (bicyclic) bond motifs is 1. The van der Waals surface area contributed by atoms with Gasteiger partial charge in [-0.2, -0.15) is 5.10 Å². The van der Waals surface area contributed by atoms with Crippen molar-refractivity contribution in [3.05, 3.63) is 23.0 Å². The van der Waals surface area contributed by atoms with Crippen molar-refractivity contribution in [1.82, 2.24) is 20.1 Å². The van der Waals surface area contributed by atoms with Crippen molar-refractivity contribution in [2.45, 2.75) is 90.8 Å². The van der Waals surface area contributed by atoms with Crippen molar-refractivity contribution in [3.8, 4) is 0 Å². The van der Waals surface area contributed by atoms with Crippen molar-refractivity contribution in [2.24, 2.45) is 5.73 Å². The van der Waals surface area contributed by atoms with Gasteiger partial charge in [-0.1, -0.05) is 13.8 Å². The third-order valence-corrected chi connectivity index (χ3v) is 5.41. The summed E-state index contributed by atoms with van der Waals surface area (Å²) in [5.41, 5.74) is 9.04. The number of amides is 1. The highest BCUT2D eigenvalue weighted by Crippen LogP contribution is 2.29. The van der Waals surface area contributed by atoms with E-state index in [-0.39, 0.29) is 29.4 Å². The Hall–Kier alpha value is -1.95. The van der Waals surface area contributed by atoms with Gasteiger partial charge < -0.3 is 11.1 Å². The molecule has 0 aliphatic heterocycles. The number of nitrogens with one attached hydrogen (secondary N) is 1. The highest BCUT2D eigenvalue weighted by Gasteiger charge is 2.27. The van der Waals surface area contributed by atoms with Gasteiger partial charge in [-0.25, -0.2) is 9.67 Å². The van der Waals surface area contributed by atoms with Crippen LogP contribution >= 0.6 is 0 Å². The maximum absolute atomic E-state index is 13.2. The summed E-state index contributed by atoms with van der Waals surface area (Å²) in [5, 5.41) is 8.81. The molecule has 1 aliphatic rings. The lowest BCUT2D eigenvalue weighted by Crippen LogP contribution is -2.40. The molecule has 0 unspecified atom stereocenters. The summed E-state index contributed by atoms with van der Waals surface area (Å²) in [6, 6.07) is 2.41. The van der Waals surface area contributed by atoms with E-state index < -0.39 is 0 Å². The SMILES string of the molecule is Cc1nn(C(C)(C)C)c2nc(C(C)C)cc(C(=O)NC3CCC(N)CC3)c12. The minimum atomic E-state index is -0.206. The fourth-order valence-corrected chi connectivity index (χ4v) is 3.78. The van der Waals surface area contributed by atoms with Crippen molar-refractivity contribution >= 4 is 16.9 Å². The largest absolute Gasteiger partial charge is 0.349 e. The third kappa shape index (κ3) is 4.00. The van der Waals surface area contributed by atoms with Crippen molar-refractivity contribution in [3.63, 3.8) is 0 Å². The minimum Gasteiger partial charge on any atom is -0.349 e. The molecule has 0 aromatic carbocycles. The summed E-state index contributed by atoms with van der Waals surface area (Å²) in [6.07, 6.45) is 3.82. The monoisotopic (exact) mass is 371 g/mol. The number of aromatic nitrogens is 3. The first-order chi connectivity index (χ1) is 12.6. The Morgan fingerprint density at radius 3 is 2.44 bits per heavy atom. The van der Waals surface area contributed by atoms with Crippen LogP contribution in [0.4, 0.5) is 0 Å². The highest BCUT2D eigenvalue weighted by molar-refractivity contribution is 6.06. The Bertz CT molecular complexity index is 838. The van der Waals surface area contributed by atoms with Crippen LogP contribution in [0.3, 0.4) is 0 Å². The van der Waals surface area contributed by atoms with E-state index in [0.717, 1.165) is 48.1 Å². The second-order valence-electron chi connectivity index (χ2n) is 9.20. The molecular weight excluding hydrogens is 338 g/mol. The predicted molar refractivity (Wildman–Crippen MR) is 109 cm³/mol. The number of aryl methyl sites for hydroxylation is 1.